The molecule has 3 atom stereocenters. The van der Waals surface area contributed by atoms with Crippen LogP contribution < -0.4 is 0 Å². The molecule has 1 aliphatic rings. The number of rotatable bonds is 4. The number of aliphatic carboxylic acids is 1. The molecule has 94 valence electrons. The molecule has 1 heterocycles. The highest BCUT2D eigenvalue weighted by Gasteiger charge is 2.46. The van der Waals surface area contributed by atoms with E-state index in [9.17, 15) is 15.0 Å². The molecule has 0 saturated carbocycles. The lowest BCUT2D eigenvalue weighted by Gasteiger charge is -2.39. The summed E-state index contributed by atoms with van der Waals surface area (Å²) >= 11 is 0. The van der Waals surface area contributed by atoms with Crippen molar-refractivity contribution in [1.29, 1.82) is 0 Å². The van der Waals surface area contributed by atoms with E-state index in [1.54, 1.807) is 0 Å². The van der Waals surface area contributed by atoms with Gasteiger partial charge < -0.3 is 14.9 Å². The topological polar surface area (TPSA) is 66.8 Å². The zero-order valence-corrected chi connectivity index (χ0v) is 10.3. The van der Waals surface area contributed by atoms with Crippen LogP contribution in [0.5, 0.6) is 0 Å². The number of hydrogen-bond acceptors (Lipinski definition) is 3. The first-order chi connectivity index (χ1) is 7.40. The van der Waals surface area contributed by atoms with Crippen molar-refractivity contribution < 1.29 is 19.7 Å². The van der Waals surface area contributed by atoms with Gasteiger partial charge in [0.15, 0.2) is 5.60 Å². The maximum absolute atomic E-state index is 11.2. The van der Waals surface area contributed by atoms with E-state index in [1.807, 2.05) is 20.8 Å². The van der Waals surface area contributed by atoms with Crippen molar-refractivity contribution in [3.63, 3.8) is 0 Å². The van der Waals surface area contributed by atoms with Gasteiger partial charge in [-0.25, -0.2) is 4.79 Å². The van der Waals surface area contributed by atoms with Gasteiger partial charge in [-0.1, -0.05) is 13.3 Å². The Morgan fingerprint density at radius 3 is 2.25 bits per heavy atom. The van der Waals surface area contributed by atoms with Crippen LogP contribution in [0.3, 0.4) is 0 Å². The molecule has 1 fully saturated rings. The molecule has 1 aliphatic heterocycles. The second-order valence-electron chi connectivity index (χ2n) is 4.91. The van der Waals surface area contributed by atoms with Crippen LogP contribution in [0.4, 0.5) is 0 Å². The summed E-state index contributed by atoms with van der Waals surface area (Å²) in [6.45, 7) is 5.74. The zero-order chi connectivity index (χ0) is 12.3. The average Bonchev–Trinajstić information content (AvgIpc) is 2.16. The SMILES string of the molecule is CCCC(O)(C(=O)O)C1CC(C)OC(C)C1. The summed E-state index contributed by atoms with van der Waals surface area (Å²) in [7, 11) is 0. The van der Waals surface area contributed by atoms with Crippen LogP contribution in [0.2, 0.25) is 0 Å². The summed E-state index contributed by atoms with van der Waals surface area (Å²) in [5.74, 6) is -1.30. The molecule has 0 aromatic rings. The van der Waals surface area contributed by atoms with Gasteiger partial charge in [-0.2, -0.15) is 0 Å². The van der Waals surface area contributed by atoms with Crippen molar-refractivity contribution in [1.82, 2.24) is 0 Å². The Kier molecular flexibility index (Phi) is 4.33. The summed E-state index contributed by atoms with van der Waals surface area (Å²) < 4.78 is 5.57. The largest absolute Gasteiger partial charge is 0.479 e. The predicted molar refractivity (Wildman–Crippen MR) is 60.2 cm³/mol. The maximum atomic E-state index is 11.2. The Morgan fingerprint density at radius 1 is 1.38 bits per heavy atom. The summed E-state index contributed by atoms with van der Waals surface area (Å²) in [5, 5.41) is 19.5. The maximum Gasteiger partial charge on any atom is 0.335 e. The van der Waals surface area contributed by atoms with E-state index in [0.29, 0.717) is 25.7 Å². The zero-order valence-electron chi connectivity index (χ0n) is 10.3. The summed E-state index contributed by atoms with van der Waals surface area (Å²) in [6.07, 6.45) is 2.27. The molecule has 0 spiro atoms. The van der Waals surface area contributed by atoms with E-state index in [-0.39, 0.29) is 18.1 Å². The summed E-state index contributed by atoms with van der Waals surface area (Å²) in [6, 6.07) is 0. The third-order valence-electron chi connectivity index (χ3n) is 3.37. The standard InChI is InChI=1S/C12H22O4/c1-4-5-12(15,11(13)14)10-6-8(2)16-9(3)7-10/h8-10,15H,4-7H2,1-3H3,(H,13,14). The molecule has 0 aromatic carbocycles. The first kappa shape index (κ1) is 13.5. The summed E-state index contributed by atoms with van der Waals surface area (Å²) in [5.41, 5.74) is -1.58. The molecule has 0 amide bonds. The highest BCUT2D eigenvalue weighted by atomic mass is 16.5. The van der Waals surface area contributed by atoms with E-state index in [1.165, 1.54) is 0 Å². The van der Waals surface area contributed by atoms with Crippen LogP contribution in [0.15, 0.2) is 0 Å². The third kappa shape index (κ3) is 2.74. The highest BCUT2D eigenvalue weighted by molar-refractivity contribution is 5.77. The second-order valence-corrected chi connectivity index (χ2v) is 4.91. The Balaban J connectivity index is 2.81. The number of ether oxygens (including phenoxy) is 1. The van der Waals surface area contributed by atoms with E-state index >= 15 is 0 Å². The van der Waals surface area contributed by atoms with Crippen molar-refractivity contribution in [3.05, 3.63) is 0 Å². The van der Waals surface area contributed by atoms with Crippen LogP contribution in [0.25, 0.3) is 0 Å². The van der Waals surface area contributed by atoms with Crippen molar-refractivity contribution >= 4 is 5.97 Å². The lowest BCUT2D eigenvalue weighted by Crippen LogP contribution is -2.50. The van der Waals surface area contributed by atoms with Gasteiger partial charge in [0.25, 0.3) is 0 Å². The van der Waals surface area contributed by atoms with Gasteiger partial charge in [-0.05, 0) is 33.1 Å². The van der Waals surface area contributed by atoms with Crippen molar-refractivity contribution in [2.75, 3.05) is 0 Å². The van der Waals surface area contributed by atoms with Crippen molar-refractivity contribution in [3.8, 4) is 0 Å². The van der Waals surface area contributed by atoms with Crippen molar-refractivity contribution in [2.45, 2.75) is 64.3 Å². The molecule has 4 nitrogen and oxygen atoms in total. The van der Waals surface area contributed by atoms with E-state index < -0.39 is 11.6 Å². The smallest absolute Gasteiger partial charge is 0.335 e. The molecule has 4 heteroatoms. The van der Waals surface area contributed by atoms with E-state index in [2.05, 4.69) is 0 Å². The van der Waals surface area contributed by atoms with E-state index in [0.717, 1.165) is 0 Å². The molecule has 16 heavy (non-hydrogen) atoms. The van der Waals surface area contributed by atoms with Gasteiger partial charge in [0, 0.05) is 5.92 Å². The lowest BCUT2D eigenvalue weighted by atomic mass is 9.76. The number of carboxylic acids is 1. The van der Waals surface area contributed by atoms with Gasteiger partial charge in [0.2, 0.25) is 0 Å². The Morgan fingerprint density at radius 2 is 1.88 bits per heavy atom. The lowest BCUT2D eigenvalue weighted by molar-refractivity contribution is -0.176. The first-order valence-electron chi connectivity index (χ1n) is 6.01. The number of carbonyl (C=O) groups is 1. The number of carboxylic acid groups (broad SMARTS) is 1. The van der Waals surface area contributed by atoms with E-state index in [4.69, 9.17) is 4.74 Å². The number of hydrogen-bond donors (Lipinski definition) is 2. The molecule has 2 N–H and O–H groups in total. The van der Waals surface area contributed by atoms with Gasteiger partial charge in [-0.3, -0.25) is 0 Å². The quantitative estimate of drug-likeness (QED) is 0.773. The fourth-order valence-electron chi connectivity index (χ4n) is 2.66. The monoisotopic (exact) mass is 230 g/mol. The molecular weight excluding hydrogens is 208 g/mol. The number of aliphatic hydroxyl groups is 1. The second kappa shape index (κ2) is 5.15. The molecule has 0 aromatic heterocycles. The Hall–Kier alpha value is -0.610. The average molecular weight is 230 g/mol. The van der Waals surface area contributed by atoms with Gasteiger partial charge >= 0.3 is 5.97 Å². The summed E-state index contributed by atoms with van der Waals surface area (Å²) in [4.78, 5) is 11.2. The highest BCUT2D eigenvalue weighted by Crippen LogP contribution is 2.36. The third-order valence-corrected chi connectivity index (χ3v) is 3.37. The molecule has 0 bridgehead atoms. The normalized spacial score (nSPS) is 34.4. The first-order valence-corrected chi connectivity index (χ1v) is 6.01. The van der Waals surface area contributed by atoms with Crippen LogP contribution in [0, 0.1) is 5.92 Å². The minimum atomic E-state index is -1.58. The van der Waals surface area contributed by atoms with Gasteiger partial charge in [-0.15, -0.1) is 0 Å². The minimum absolute atomic E-state index is 0.0245. The van der Waals surface area contributed by atoms with Crippen molar-refractivity contribution in [2.24, 2.45) is 5.92 Å². The van der Waals surface area contributed by atoms with Gasteiger partial charge in [0.05, 0.1) is 12.2 Å². The minimum Gasteiger partial charge on any atom is -0.479 e. The van der Waals surface area contributed by atoms with Gasteiger partial charge in [0.1, 0.15) is 0 Å². The van der Waals surface area contributed by atoms with Crippen LogP contribution in [0.1, 0.15) is 46.5 Å². The van der Waals surface area contributed by atoms with Crippen LogP contribution >= 0.6 is 0 Å². The Bertz CT molecular complexity index is 243. The predicted octanol–water partition coefficient (Wildman–Crippen LogP) is 1.81. The Labute approximate surface area is 96.6 Å². The fraction of sp³-hybridized carbons (Fsp3) is 0.917. The molecule has 1 saturated heterocycles. The molecule has 3 unspecified atom stereocenters. The molecular formula is C12H22O4. The van der Waals surface area contributed by atoms with Crippen LogP contribution in [-0.4, -0.2) is 34.0 Å². The molecule has 0 aliphatic carbocycles. The molecule has 0 radical (unpaired) electrons. The fourth-order valence-corrected chi connectivity index (χ4v) is 2.66. The van der Waals surface area contributed by atoms with Crippen LogP contribution in [-0.2, 0) is 9.53 Å². The molecule has 1 rings (SSSR count).